The van der Waals surface area contributed by atoms with Gasteiger partial charge in [-0.2, -0.15) is 4.98 Å². The average Bonchev–Trinajstić information content (AvgIpc) is 3.35. The molecule has 28 heavy (non-hydrogen) atoms. The Morgan fingerprint density at radius 3 is 2.61 bits per heavy atom. The minimum Gasteiger partial charge on any atom is -0.497 e. The van der Waals surface area contributed by atoms with Crippen LogP contribution < -0.4 is 4.74 Å². The molecule has 2 aromatic rings. The van der Waals surface area contributed by atoms with E-state index in [2.05, 4.69) is 15.0 Å². The van der Waals surface area contributed by atoms with Gasteiger partial charge >= 0.3 is 0 Å². The van der Waals surface area contributed by atoms with Crippen LogP contribution in [0.4, 0.5) is 0 Å². The highest BCUT2D eigenvalue weighted by atomic mass is 16.5. The van der Waals surface area contributed by atoms with Gasteiger partial charge in [-0.05, 0) is 43.5 Å². The summed E-state index contributed by atoms with van der Waals surface area (Å²) in [5.41, 5.74) is 0.857. The number of ether oxygens (including phenoxy) is 1. The second-order valence-electron chi connectivity index (χ2n) is 7.52. The van der Waals surface area contributed by atoms with Gasteiger partial charge in [-0.3, -0.25) is 9.69 Å². The lowest BCUT2D eigenvalue weighted by Crippen LogP contribution is -2.46. The van der Waals surface area contributed by atoms with Crippen LogP contribution in [0.2, 0.25) is 0 Å². The lowest BCUT2D eigenvalue weighted by atomic mass is 10.0. The number of nitrogens with zero attached hydrogens (tertiary/aromatic N) is 4. The van der Waals surface area contributed by atoms with Gasteiger partial charge in [0.15, 0.2) is 0 Å². The van der Waals surface area contributed by atoms with Crippen LogP contribution in [0.5, 0.6) is 5.75 Å². The SMILES string of the molecule is COc1ccc(-c2noc(C3CC(O)CN3C3CCN(C(C)=O)CC3)n2)cc1. The number of methoxy groups -OCH3 is 1. The summed E-state index contributed by atoms with van der Waals surface area (Å²) in [6.07, 6.45) is 1.95. The molecule has 1 amide bonds. The molecule has 8 heteroatoms. The third kappa shape index (κ3) is 3.74. The Labute approximate surface area is 164 Å². The fraction of sp³-hybridized carbons (Fsp3) is 0.550. The molecule has 2 aliphatic heterocycles. The summed E-state index contributed by atoms with van der Waals surface area (Å²) in [6.45, 7) is 3.71. The van der Waals surface area contributed by atoms with Gasteiger partial charge in [-0.25, -0.2) is 0 Å². The molecule has 2 aliphatic rings. The molecular formula is C20H26N4O4. The predicted octanol–water partition coefficient (Wildman–Crippen LogP) is 1.86. The molecule has 150 valence electrons. The van der Waals surface area contributed by atoms with Gasteiger partial charge in [0.2, 0.25) is 17.6 Å². The summed E-state index contributed by atoms with van der Waals surface area (Å²) >= 11 is 0. The molecule has 2 fully saturated rings. The maximum atomic E-state index is 11.6. The number of amides is 1. The first kappa shape index (κ1) is 18.9. The Hall–Kier alpha value is -2.45. The minimum absolute atomic E-state index is 0.0941. The molecular weight excluding hydrogens is 360 g/mol. The molecule has 0 aliphatic carbocycles. The Balaban J connectivity index is 1.49. The van der Waals surface area contributed by atoms with E-state index in [9.17, 15) is 9.90 Å². The number of piperidine rings is 1. The fourth-order valence-electron chi connectivity index (χ4n) is 4.22. The van der Waals surface area contributed by atoms with Gasteiger partial charge < -0.3 is 19.3 Å². The second kappa shape index (κ2) is 7.89. The van der Waals surface area contributed by atoms with Crippen molar-refractivity contribution in [3.8, 4) is 17.1 Å². The second-order valence-corrected chi connectivity index (χ2v) is 7.52. The number of aliphatic hydroxyl groups is 1. The summed E-state index contributed by atoms with van der Waals surface area (Å²) in [5, 5.41) is 14.4. The molecule has 3 heterocycles. The quantitative estimate of drug-likeness (QED) is 0.857. The van der Waals surface area contributed by atoms with Crippen molar-refractivity contribution in [3.63, 3.8) is 0 Å². The Kier molecular flexibility index (Phi) is 5.32. The molecule has 0 saturated carbocycles. The molecule has 2 unspecified atom stereocenters. The largest absolute Gasteiger partial charge is 0.497 e. The van der Waals surface area contributed by atoms with Crippen molar-refractivity contribution >= 4 is 5.91 Å². The number of aliphatic hydroxyl groups excluding tert-OH is 1. The van der Waals surface area contributed by atoms with E-state index in [-0.39, 0.29) is 11.9 Å². The minimum atomic E-state index is -0.410. The summed E-state index contributed by atoms with van der Waals surface area (Å²) in [7, 11) is 1.63. The third-order valence-electron chi connectivity index (χ3n) is 5.77. The van der Waals surface area contributed by atoms with E-state index in [1.165, 1.54) is 0 Å². The maximum absolute atomic E-state index is 11.6. The Morgan fingerprint density at radius 1 is 1.25 bits per heavy atom. The molecule has 2 saturated heterocycles. The van der Waals surface area contributed by atoms with E-state index in [4.69, 9.17) is 9.26 Å². The van der Waals surface area contributed by atoms with Crippen LogP contribution in [0.1, 0.15) is 38.1 Å². The molecule has 8 nitrogen and oxygen atoms in total. The van der Waals surface area contributed by atoms with Crippen molar-refractivity contribution < 1.29 is 19.2 Å². The number of carbonyl (C=O) groups excluding carboxylic acids is 1. The molecule has 1 N–H and O–H groups in total. The number of β-amino-alcohol motifs (C(OH)–C–C–N with tert-alkyl or cyclic N) is 1. The van der Waals surface area contributed by atoms with Crippen LogP contribution in [0.25, 0.3) is 11.4 Å². The number of rotatable bonds is 4. The Bertz CT molecular complexity index is 814. The lowest BCUT2D eigenvalue weighted by Gasteiger charge is -2.38. The first-order chi connectivity index (χ1) is 13.5. The smallest absolute Gasteiger partial charge is 0.244 e. The highest BCUT2D eigenvalue weighted by Crippen LogP contribution is 2.36. The lowest BCUT2D eigenvalue weighted by molar-refractivity contribution is -0.130. The van der Waals surface area contributed by atoms with Gasteiger partial charge in [0, 0.05) is 38.2 Å². The molecule has 0 spiro atoms. The van der Waals surface area contributed by atoms with Crippen molar-refractivity contribution in [3.05, 3.63) is 30.2 Å². The van der Waals surface area contributed by atoms with E-state index in [1.807, 2.05) is 29.2 Å². The maximum Gasteiger partial charge on any atom is 0.244 e. The van der Waals surface area contributed by atoms with Crippen molar-refractivity contribution in [2.24, 2.45) is 0 Å². The third-order valence-corrected chi connectivity index (χ3v) is 5.77. The standard InChI is InChI=1S/C20H26N4O4/c1-13(25)23-9-7-15(8-10-23)24-12-16(26)11-18(24)20-21-19(22-28-20)14-3-5-17(27-2)6-4-14/h3-6,15-16,18,26H,7-12H2,1-2H3. The normalized spacial score (nSPS) is 23.9. The fourth-order valence-corrected chi connectivity index (χ4v) is 4.22. The highest BCUT2D eigenvalue weighted by molar-refractivity contribution is 5.73. The van der Waals surface area contributed by atoms with Gasteiger partial charge in [-0.15, -0.1) is 0 Å². The van der Waals surface area contributed by atoms with Crippen molar-refractivity contribution in [2.75, 3.05) is 26.7 Å². The molecule has 2 atom stereocenters. The van der Waals surface area contributed by atoms with Crippen molar-refractivity contribution in [2.45, 2.75) is 44.4 Å². The number of aromatic nitrogens is 2. The van der Waals surface area contributed by atoms with Gasteiger partial charge in [0.05, 0.1) is 19.3 Å². The summed E-state index contributed by atoms with van der Waals surface area (Å²) < 4.78 is 10.8. The van der Waals surface area contributed by atoms with E-state index < -0.39 is 6.10 Å². The van der Waals surface area contributed by atoms with Crippen LogP contribution in [0.3, 0.4) is 0 Å². The molecule has 0 radical (unpaired) electrons. The zero-order chi connectivity index (χ0) is 19.7. The number of likely N-dealkylation sites (tertiary alicyclic amines) is 2. The van der Waals surface area contributed by atoms with Crippen LogP contribution in [0, 0.1) is 0 Å². The number of carbonyl (C=O) groups is 1. The number of benzene rings is 1. The first-order valence-electron chi connectivity index (χ1n) is 9.72. The average molecular weight is 386 g/mol. The predicted molar refractivity (Wildman–Crippen MR) is 102 cm³/mol. The molecule has 0 bridgehead atoms. The van der Waals surface area contributed by atoms with E-state index in [0.717, 1.165) is 37.2 Å². The molecule has 4 rings (SSSR count). The van der Waals surface area contributed by atoms with Gasteiger partial charge in [0.1, 0.15) is 5.75 Å². The van der Waals surface area contributed by atoms with E-state index in [1.54, 1.807) is 14.0 Å². The van der Waals surface area contributed by atoms with Crippen molar-refractivity contribution in [1.82, 2.24) is 19.9 Å². The summed E-state index contributed by atoms with van der Waals surface area (Å²) in [5.74, 6) is 1.97. The van der Waals surface area contributed by atoms with Crippen molar-refractivity contribution in [1.29, 1.82) is 0 Å². The van der Waals surface area contributed by atoms with Crippen LogP contribution >= 0.6 is 0 Å². The number of hydrogen-bond acceptors (Lipinski definition) is 7. The van der Waals surface area contributed by atoms with E-state index in [0.29, 0.717) is 30.7 Å². The monoisotopic (exact) mass is 386 g/mol. The molecule has 1 aromatic heterocycles. The first-order valence-corrected chi connectivity index (χ1v) is 9.72. The molecule has 1 aromatic carbocycles. The number of hydrogen-bond donors (Lipinski definition) is 1. The Morgan fingerprint density at radius 2 is 1.96 bits per heavy atom. The van der Waals surface area contributed by atoms with Crippen LogP contribution in [-0.4, -0.2) is 69.8 Å². The summed E-state index contributed by atoms with van der Waals surface area (Å²) in [6, 6.07) is 7.72. The van der Waals surface area contributed by atoms with Crippen LogP contribution in [-0.2, 0) is 4.79 Å². The highest BCUT2D eigenvalue weighted by Gasteiger charge is 2.40. The zero-order valence-electron chi connectivity index (χ0n) is 16.2. The van der Waals surface area contributed by atoms with Gasteiger partial charge in [0.25, 0.3) is 0 Å². The van der Waals surface area contributed by atoms with Crippen LogP contribution in [0.15, 0.2) is 28.8 Å². The zero-order valence-corrected chi connectivity index (χ0v) is 16.2. The van der Waals surface area contributed by atoms with Gasteiger partial charge in [-0.1, -0.05) is 5.16 Å². The van der Waals surface area contributed by atoms with E-state index >= 15 is 0 Å². The summed E-state index contributed by atoms with van der Waals surface area (Å²) in [4.78, 5) is 20.3. The topological polar surface area (TPSA) is 91.9 Å².